The molecule has 0 atom stereocenters. The Kier molecular flexibility index (Phi) is 5.45. The lowest BCUT2D eigenvalue weighted by Gasteiger charge is -2.33. The van der Waals surface area contributed by atoms with Gasteiger partial charge in [-0.3, -0.25) is 4.98 Å². The number of ether oxygens (including phenoxy) is 2. The Morgan fingerprint density at radius 3 is 2.79 bits per heavy atom. The van der Waals surface area contributed by atoms with Crippen LogP contribution in [-0.2, 0) is 17.8 Å². The first-order valence-corrected chi connectivity index (χ1v) is 10.6. The van der Waals surface area contributed by atoms with E-state index in [4.69, 9.17) is 19.4 Å². The third kappa shape index (κ3) is 4.00. The first kappa shape index (κ1) is 18.6. The molecule has 8 heteroatoms. The number of rotatable bonds is 5. The van der Waals surface area contributed by atoms with E-state index in [0.29, 0.717) is 25.9 Å². The van der Waals surface area contributed by atoms with E-state index in [0.717, 1.165) is 80.8 Å². The number of piperidine rings is 1. The molecule has 154 valence electrons. The van der Waals surface area contributed by atoms with Gasteiger partial charge in [-0.2, -0.15) is 9.97 Å². The van der Waals surface area contributed by atoms with Crippen LogP contribution in [0.1, 0.15) is 24.0 Å². The Bertz CT molecular complexity index is 821. The van der Waals surface area contributed by atoms with Crippen LogP contribution in [0.4, 0.5) is 11.8 Å². The van der Waals surface area contributed by atoms with E-state index < -0.39 is 0 Å². The lowest BCUT2D eigenvalue weighted by atomic mass is 10.1. The number of nitrogens with zero attached hydrogens (tertiary/aromatic N) is 5. The molecule has 8 nitrogen and oxygen atoms in total. The molecule has 5 heterocycles. The van der Waals surface area contributed by atoms with E-state index in [9.17, 15) is 0 Å². The van der Waals surface area contributed by atoms with Crippen LogP contribution in [0.25, 0.3) is 0 Å². The standard InChI is InChI=1S/C21H28N6O2/c1-2-16(14-23-6-1)15-29-20-18-5-9-27(17-3-7-22-8-4-17)19(18)24-21(25-20)26-10-12-28-13-11-26/h1-2,6,14,17,22H,3-5,7-13,15H2. The summed E-state index contributed by atoms with van der Waals surface area (Å²) in [6.45, 7) is 6.65. The fourth-order valence-electron chi connectivity index (χ4n) is 4.37. The molecular formula is C21H28N6O2. The van der Waals surface area contributed by atoms with E-state index >= 15 is 0 Å². The zero-order chi connectivity index (χ0) is 19.5. The molecule has 1 N–H and O–H groups in total. The van der Waals surface area contributed by atoms with Crippen molar-refractivity contribution >= 4 is 11.8 Å². The highest BCUT2D eigenvalue weighted by atomic mass is 16.5. The second-order valence-corrected chi connectivity index (χ2v) is 7.80. The fraction of sp³-hybridized carbons (Fsp3) is 0.571. The number of pyridine rings is 1. The summed E-state index contributed by atoms with van der Waals surface area (Å²) in [4.78, 5) is 18.7. The van der Waals surface area contributed by atoms with Gasteiger partial charge in [-0.15, -0.1) is 0 Å². The molecule has 0 spiro atoms. The quantitative estimate of drug-likeness (QED) is 0.813. The fourth-order valence-corrected chi connectivity index (χ4v) is 4.37. The second-order valence-electron chi connectivity index (χ2n) is 7.80. The van der Waals surface area contributed by atoms with Crippen molar-refractivity contribution in [1.29, 1.82) is 0 Å². The molecule has 0 saturated carbocycles. The van der Waals surface area contributed by atoms with Crippen LogP contribution in [0, 0.1) is 0 Å². The molecular weight excluding hydrogens is 368 g/mol. The van der Waals surface area contributed by atoms with Crippen molar-refractivity contribution in [2.24, 2.45) is 0 Å². The van der Waals surface area contributed by atoms with Gasteiger partial charge in [-0.1, -0.05) is 6.07 Å². The summed E-state index contributed by atoms with van der Waals surface area (Å²) < 4.78 is 11.7. The van der Waals surface area contributed by atoms with Crippen molar-refractivity contribution in [3.63, 3.8) is 0 Å². The van der Waals surface area contributed by atoms with Gasteiger partial charge in [-0.25, -0.2) is 0 Å². The average molecular weight is 396 g/mol. The maximum Gasteiger partial charge on any atom is 0.230 e. The van der Waals surface area contributed by atoms with Crippen LogP contribution >= 0.6 is 0 Å². The smallest absolute Gasteiger partial charge is 0.230 e. The van der Waals surface area contributed by atoms with Gasteiger partial charge < -0.3 is 24.6 Å². The normalized spacial score (nSPS) is 20.0. The molecule has 0 aromatic carbocycles. The van der Waals surface area contributed by atoms with Crippen molar-refractivity contribution in [3.05, 3.63) is 35.7 Å². The summed E-state index contributed by atoms with van der Waals surface area (Å²) in [6.07, 6.45) is 6.86. The monoisotopic (exact) mass is 396 g/mol. The van der Waals surface area contributed by atoms with Crippen molar-refractivity contribution in [2.45, 2.75) is 31.9 Å². The molecule has 2 aromatic heterocycles. The third-order valence-electron chi connectivity index (χ3n) is 5.95. The predicted octanol–water partition coefficient (Wildman–Crippen LogP) is 1.40. The van der Waals surface area contributed by atoms with E-state index in [-0.39, 0.29) is 0 Å². The minimum absolute atomic E-state index is 0.465. The number of fused-ring (bicyclic) bond motifs is 1. The van der Waals surface area contributed by atoms with Crippen LogP contribution in [0.3, 0.4) is 0 Å². The predicted molar refractivity (Wildman–Crippen MR) is 111 cm³/mol. The van der Waals surface area contributed by atoms with Gasteiger partial charge in [0.25, 0.3) is 0 Å². The molecule has 2 aromatic rings. The van der Waals surface area contributed by atoms with E-state index in [2.05, 4.69) is 20.1 Å². The van der Waals surface area contributed by atoms with Crippen molar-refractivity contribution in [3.8, 4) is 5.88 Å². The average Bonchev–Trinajstić information content (AvgIpc) is 3.23. The van der Waals surface area contributed by atoms with Crippen molar-refractivity contribution < 1.29 is 9.47 Å². The first-order valence-electron chi connectivity index (χ1n) is 10.6. The van der Waals surface area contributed by atoms with Gasteiger partial charge in [0, 0.05) is 43.6 Å². The van der Waals surface area contributed by atoms with Crippen molar-refractivity contribution in [2.75, 3.05) is 55.7 Å². The molecule has 0 bridgehead atoms. The maximum atomic E-state index is 6.21. The molecule has 0 radical (unpaired) electrons. The van der Waals surface area contributed by atoms with E-state index in [1.807, 2.05) is 18.3 Å². The molecule has 5 rings (SSSR count). The highest BCUT2D eigenvalue weighted by Gasteiger charge is 2.33. The Morgan fingerprint density at radius 2 is 2.00 bits per heavy atom. The highest BCUT2D eigenvalue weighted by Crippen LogP contribution is 2.37. The molecule has 0 aliphatic carbocycles. The number of nitrogens with one attached hydrogen (secondary N) is 1. The number of hydrogen-bond acceptors (Lipinski definition) is 8. The van der Waals surface area contributed by atoms with Crippen LogP contribution in [0.5, 0.6) is 5.88 Å². The lowest BCUT2D eigenvalue weighted by Crippen LogP contribution is -2.43. The largest absolute Gasteiger partial charge is 0.472 e. The minimum Gasteiger partial charge on any atom is -0.472 e. The van der Waals surface area contributed by atoms with Crippen LogP contribution in [0.2, 0.25) is 0 Å². The summed E-state index contributed by atoms with van der Waals surface area (Å²) in [5.74, 6) is 2.54. The molecule has 0 amide bonds. The minimum atomic E-state index is 0.465. The second kappa shape index (κ2) is 8.51. The topological polar surface area (TPSA) is 75.6 Å². The molecule has 3 aliphatic heterocycles. The van der Waals surface area contributed by atoms with Crippen LogP contribution < -0.4 is 19.9 Å². The first-order chi connectivity index (χ1) is 14.4. The van der Waals surface area contributed by atoms with Crippen molar-refractivity contribution in [1.82, 2.24) is 20.3 Å². The Hall–Kier alpha value is -2.45. The number of anilines is 2. The van der Waals surface area contributed by atoms with E-state index in [1.54, 1.807) is 6.20 Å². The Morgan fingerprint density at radius 1 is 1.14 bits per heavy atom. The van der Waals surface area contributed by atoms with Gasteiger partial charge >= 0.3 is 0 Å². The lowest BCUT2D eigenvalue weighted by molar-refractivity contribution is 0.122. The Labute approximate surface area is 171 Å². The maximum absolute atomic E-state index is 6.21. The number of hydrogen-bond donors (Lipinski definition) is 1. The van der Waals surface area contributed by atoms with Gasteiger partial charge in [0.05, 0.1) is 18.8 Å². The SMILES string of the molecule is c1cncc(COc2nc(N3CCOCC3)nc3c2CCN3C2CCNCC2)c1. The number of morpholine rings is 1. The molecule has 2 saturated heterocycles. The zero-order valence-corrected chi connectivity index (χ0v) is 16.7. The zero-order valence-electron chi connectivity index (χ0n) is 16.7. The van der Waals surface area contributed by atoms with Gasteiger partial charge in [0.15, 0.2) is 0 Å². The van der Waals surface area contributed by atoms with Gasteiger partial charge in [-0.05, 0) is 38.4 Å². The third-order valence-corrected chi connectivity index (χ3v) is 5.95. The summed E-state index contributed by atoms with van der Waals surface area (Å²) in [5.41, 5.74) is 2.19. The molecule has 3 aliphatic rings. The number of aromatic nitrogens is 3. The summed E-state index contributed by atoms with van der Waals surface area (Å²) in [6, 6.07) is 4.50. The van der Waals surface area contributed by atoms with E-state index in [1.165, 1.54) is 0 Å². The van der Waals surface area contributed by atoms with Crippen LogP contribution in [-0.4, -0.2) is 66.9 Å². The molecule has 2 fully saturated rings. The summed E-state index contributed by atoms with van der Waals surface area (Å²) in [7, 11) is 0. The van der Waals surface area contributed by atoms with Gasteiger partial charge in [0.2, 0.25) is 11.8 Å². The highest BCUT2D eigenvalue weighted by molar-refractivity contribution is 5.60. The Balaban J connectivity index is 1.45. The molecule has 29 heavy (non-hydrogen) atoms. The van der Waals surface area contributed by atoms with Gasteiger partial charge in [0.1, 0.15) is 12.4 Å². The summed E-state index contributed by atoms with van der Waals surface area (Å²) in [5, 5.41) is 3.46. The van der Waals surface area contributed by atoms with Crippen LogP contribution in [0.15, 0.2) is 24.5 Å². The molecule has 0 unspecified atom stereocenters. The summed E-state index contributed by atoms with van der Waals surface area (Å²) >= 11 is 0.